The number of hydrogen-bond donors (Lipinski definition) is 0. The third-order valence-corrected chi connectivity index (χ3v) is 3.08. The first kappa shape index (κ1) is 14.4. The zero-order valence-corrected chi connectivity index (χ0v) is 11.5. The number of hydrogen-bond acceptors (Lipinski definition) is 4. The fourth-order valence-electron chi connectivity index (χ4n) is 0.975. The first-order chi connectivity index (χ1) is 7.76. The molecule has 1 rings (SSSR count). The normalized spacial score (nSPS) is 11.4. The Morgan fingerprint density at radius 1 is 1.59 bits per heavy atom. The lowest BCUT2D eigenvalue weighted by Gasteiger charge is -2.12. The molecule has 0 fully saturated rings. The average molecular weight is 427 g/mol. The number of nitro groups is 1. The Bertz CT molecular complexity index is 455. The predicted octanol–water partition coefficient (Wildman–Crippen LogP) is 3.39. The maximum Gasteiger partial charge on any atom is 0.573 e. The first-order valence-electron chi connectivity index (χ1n) is 3.89. The molecular formula is C7H3BrF3IN2O3. The third kappa shape index (κ3) is 3.66. The zero-order valence-electron chi connectivity index (χ0n) is 7.79. The molecule has 0 bridgehead atoms. The Hall–Kier alpha value is -0.650. The van der Waals surface area contributed by atoms with Crippen LogP contribution in [0.4, 0.5) is 19.0 Å². The van der Waals surface area contributed by atoms with Gasteiger partial charge in [0.15, 0.2) is 6.20 Å². The minimum absolute atomic E-state index is 0.0138. The van der Waals surface area contributed by atoms with E-state index in [0.717, 1.165) is 6.20 Å². The van der Waals surface area contributed by atoms with Gasteiger partial charge >= 0.3 is 12.2 Å². The van der Waals surface area contributed by atoms with Gasteiger partial charge in [-0.05, 0) is 32.5 Å². The van der Waals surface area contributed by atoms with Gasteiger partial charge in [-0.2, -0.15) is 0 Å². The minimum atomic E-state index is -5.01. The van der Waals surface area contributed by atoms with Crippen LogP contribution in [0.25, 0.3) is 0 Å². The average Bonchev–Trinajstić information content (AvgIpc) is 2.15. The van der Waals surface area contributed by atoms with Crippen molar-refractivity contribution in [3.05, 3.63) is 25.4 Å². The van der Waals surface area contributed by atoms with Gasteiger partial charge < -0.3 is 14.9 Å². The molecule has 17 heavy (non-hydrogen) atoms. The van der Waals surface area contributed by atoms with Crippen molar-refractivity contribution < 1.29 is 22.8 Å². The van der Waals surface area contributed by atoms with Crippen molar-refractivity contribution in [1.29, 1.82) is 0 Å². The van der Waals surface area contributed by atoms with E-state index in [4.69, 9.17) is 0 Å². The summed E-state index contributed by atoms with van der Waals surface area (Å²) in [5.74, 6) is -1.84. The lowest BCUT2D eigenvalue weighted by atomic mass is 10.2. The summed E-state index contributed by atoms with van der Waals surface area (Å²) >= 11 is 4.66. The van der Waals surface area contributed by atoms with Crippen LogP contribution < -0.4 is 4.74 Å². The second-order valence-corrected chi connectivity index (χ2v) is 4.40. The molecule has 0 aromatic carbocycles. The topological polar surface area (TPSA) is 65.3 Å². The molecule has 0 aliphatic heterocycles. The fourth-order valence-corrected chi connectivity index (χ4v) is 2.63. The number of alkyl halides is 4. The van der Waals surface area contributed by atoms with Gasteiger partial charge in [-0.25, -0.2) is 0 Å². The summed E-state index contributed by atoms with van der Waals surface area (Å²) < 4.78 is 40.4. The van der Waals surface area contributed by atoms with Crippen LogP contribution >= 0.6 is 38.5 Å². The summed E-state index contributed by atoms with van der Waals surface area (Å²) in [5.41, 5.74) is 0.0321. The molecule has 0 aliphatic rings. The molecule has 0 aliphatic carbocycles. The van der Waals surface area contributed by atoms with E-state index >= 15 is 0 Å². The number of nitrogens with zero attached hydrogens (tertiary/aromatic N) is 2. The number of rotatable bonds is 3. The lowest BCUT2D eigenvalue weighted by Crippen LogP contribution is -2.19. The Kier molecular flexibility index (Phi) is 4.52. The van der Waals surface area contributed by atoms with Gasteiger partial charge in [0.05, 0.1) is 3.57 Å². The maximum atomic E-state index is 12.1. The van der Waals surface area contributed by atoms with Crippen LogP contribution in [0.1, 0.15) is 5.56 Å². The van der Waals surface area contributed by atoms with E-state index in [2.05, 4.69) is 25.7 Å². The lowest BCUT2D eigenvalue weighted by molar-refractivity contribution is -0.393. The number of halogens is 5. The molecule has 1 aromatic rings. The van der Waals surface area contributed by atoms with Crippen molar-refractivity contribution in [1.82, 2.24) is 4.98 Å². The Labute approximate surface area is 115 Å². The van der Waals surface area contributed by atoms with E-state index in [9.17, 15) is 23.3 Å². The summed E-state index contributed by atoms with van der Waals surface area (Å²) in [6.07, 6.45) is -3.90. The van der Waals surface area contributed by atoms with Gasteiger partial charge in [0, 0.05) is 10.9 Å². The van der Waals surface area contributed by atoms with Crippen LogP contribution in [0.5, 0.6) is 5.75 Å². The second-order valence-electron chi connectivity index (χ2n) is 2.68. The molecule has 0 saturated carbocycles. The van der Waals surface area contributed by atoms with Gasteiger partial charge in [0.25, 0.3) is 0 Å². The van der Waals surface area contributed by atoms with Gasteiger partial charge in [-0.3, -0.25) is 0 Å². The molecule has 5 nitrogen and oxygen atoms in total. The monoisotopic (exact) mass is 426 g/mol. The number of ether oxygens (including phenoxy) is 1. The SMILES string of the molecule is O=[N+]([O-])c1ncc(I)c(CBr)c1OC(F)(F)F. The van der Waals surface area contributed by atoms with E-state index in [1.807, 2.05) is 0 Å². The third-order valence-electron chi connectivity index (χ3n) is 1.59. The van der Waals surface area contributed by atoms with Crippen LogP contribution in [0.3, 0.4) is 0 Å². The predicted molar refractivity (Wildman–Crippen MR) is 62.9 cm³/mol. The highest BCUT2D eigenvalue weighted by Gasteiger charge is 2.37. The van der Waals surface area contributed by atoms with Crippen LogP contribution in [0.2, 0.25) is 0 Å². The largest absolute Gasteiger partial charge is 0.573 e. The van der Waals surface area contributed by atoms with E-state index in [-0.39, 0.29) is 10.9 Å². The van der Waals surface area contributed by atoms with Crippen LogP contribution in [-0.2, 0) is 5.33 Å². The fraction of sp³-hybridized carbons (Fsp3) is 0.286. The molecule has 10 heteroatoms. The van der Waals surface area contributed by atoms with Gasteiger partial charge in [0.2, 0.25) is 5.75 Å². The quantitative estimate of drug-likeness (QED) is 0.321. The molecular weight excluding hydrogens is 424 g/mol. The molecule has 94 valence electrons. The first-order valence-corrected chi connectivity index (χ1v) is 6.09. The molecule has 0 saturated heterocycles. The number of aromatic nitrogens is 1. The van der Waals surface area contributed by atoms with Crippen molar-refractivity contribution in [3.63, 3.8) is 0 Å². The van der Waals surface area contributed by atoms with E-state index in [1.165, 1.54) is 0 Å². The van der Waals surface area contributed by atoms with Crippen molar-refractivity contribution in [2.45, 2.75) is 11.7 Å². The van der Waals surface area contributed by atoms with Crippen molar-refractivity contribution in [2.75, 3.05) is 0 Å². The Morgan fingerprint density at radius 2 is 2.18 bits per heavy atom. The van der Waals surface area contributed by atoms with Crippen LogP contribution in [0.15, 0.2) is 6.20 Å². The number of pyridine rings is 1. The van der Waals surface area contributed by atoms with Gasteiger partial charge in [0.1, 0.15) is 0 Å². The highest BCUT2D eigenvalue weighted by Crippen LogP contribution is 2.36. The summed E-state index contributed by atoms with van der Waals surface area (Å²) in [4.78, 5) is 12.9. The molecule has 0 unspecified atom stereocenters. The molecule has 0 N–H and O–H groups in total. The highest BCUT2D eigenvalue weighted by molar-refractivity contribution is 14.1. The molecule has 0 atom stereocenters. The molecule has 1 aromatic heterocycles. The van der Waals surface area contributed by atoms with Crippen LogP contribution in [-0.4, -0.2) is 16.3 Å². The molecule has 0 amide bonds. The van der Waals surface area contributed by atoms with E-state index in [0.29, 0.717) is 3.57 Å². The summed E-state index contributed by atoms with van der Waals surface area (Å²) in [6.45, 7) is 0. The van der Waals surface area contributed by atoms with Crippen molar-refractivity contribution >= 4 is 44.3 Å². The summed E-state index contributed by atoms with van der Waals surface area (Å²) in [5, 5.41) is 10.6. The van der Waals surface area contributed by atoms with Gasteiger partial charge in [-0.15, -0.1) is 13.2 Å². The van der Waals surface area contributed by atoms with Crippen molar-refractivity contribution in [2.24, 2.45) is 0 Å². The minimum Gasteiger partial charge on any atom is -0.396 e. The second kappa shape index (κ2) is 5.33. The molecule has 1 heterocycles. The standard InChI is InChI=1S/C7H3BrF3IN2O3/c8-1-3-4(12)2-13-6(14(15)16)5(3)17-7(9,10)11/h2H,1H2. The highest BCUT2D eigenvalue weighted by atomic mass is 127. The maximum absolute atomic E-state index is 12.1. The smallest absolute Gasteiger partial charge is 0.396 e. The van der Waals surface area contributed by atoms with E-state index in [1.54, 1.807) is 22.6 Å². The summed E-state index contributed by atoms with van der Waals surface area (Å²) in [6, 6.07) is 0. The van der Waals surface area contributed by atoms with Gasteiger partial charge in [-0.1, -0.05) is 15.9 Å². The summed E-state index contributed by atoms with van der Waals surface area (Å²) in [7, 11) is 0. The van der Waals surface area contributed by atoms with Crippen LogP contribution in [0, 0.1) is 13.7 Å². The molecule has 0 radical (unpaired) electrons. The Morgan fingerprint density at radius 3 is 2.59 bits per heavy atom. The molecule has 0 spiro atoms. The zero-order chi connectivity index (χ0) is 13.2. The van der Waals surface area contributed by atoms with E-state index < -0.39 is 22.9 Å². The Balaban J connectivity index is 3.39. The van der Waals surface area contributed by atoms with Crippen molar-refractivity contribution in [3.8, 4) is 5.75 Å².